The van der Waals surface area contributed by atoms with Crippen molar-refractivity contribution < 1.29 is 4.52 Å². The summed E-state index contributed by atoms with van der Waals surface area (Å²) in [5.41, 5.74) is 2.89. The zero-order valence-corrected chi connectivity index (χ0v) is 14.0. The topological polar surface area (TPSA) is 9.23 Å². The summed E-state index contributed by atoms with van der Waals surface area (Å²) in [5, 5.41) is 2.95. The van der Waals surface area contributed by atoms with E-state index in [9.17, 15) is 0 Å². The van der Waals surface area contributed by atoms with E-state index in [0.29, 0.717) is 0 Å². The third-order valence-electron chi connectivity index (χ3n) is 5.76. The second-order valence-corrected chi connectivity index (χ2v) is 11.7. The quantitative estimate of drug-likeness (QED) is 0.751. The molecule has 1 fully saturated rings. The van der Waals surface area contributed by atoms with Crippen molar-refractivity contribution in [1.29, 1.82) is 0 Å². The molecule has 2 heterocycles. The summed E-state index contributed by atoms with van der Waals surface area (Å²) in [5.74, 6) is 0. The Labute approximate surface area is 127 Å². The third-order valence-corrected chi connectivity index (χ3v) is 11.3. The van der Waals surface area contributed by atoms with E-state index in [-0.39, 0.29) is 5.60 Å². The Kier molecular flexibility index (Phi) is 2.55. The molecule has 2 aromatic carbocycles. The van der Waals surface area contributed by atoms with Gasteiger partial charge in [0.25, 0.3) is 0 Å². The molecule has 0 N–H and O–H groups in total. The first-order valence-electron chi connectivity index (χ1n) is 7.98. The molecule has 4 rings (SSSR count). The van der Waals surface area contributed by atoms with Crippen LogP contribution >= 0.6 is 6.83 Å². The maximum atomic E-state index is 6.94. The molecule has 110 valence electrons. The predicted octanol–water partition coefficient (Wildman–Crippen LogP) is 4.30. The molecule has 0 amide bonds. The van der Waals surface area contributed by atoms with Crippen LogP contribution in [-0.4, -0.2) is 18.4 Å². The van der Waals surface area contributed by atoms with Gasteiger partial charge in [-0.05, 0) is 0 Å². The molecule has 2 aliphatic rings. The first kappa shape index (κ1) is 13.5. The second-order valence-electron chi connectivity index (χ2n) is 6.86. The Morgan fingerprint density at radius 2 is 1.33 bits per heavy atom. The average molecular weight is 298 g/mol. The van der Waals surface area contributed by atoms with Crippen molar-refractivity contribution in [2.75, 3.05) is 12.8 Å². The number of hydrogen-bond donors (Lipinski definition) is 0. The minimum atomic E-state index is -2.39. The zero-order chi connectivity index (χ0) is 14.7. The van der Waals surface area contributed by atoms with Crippen LogP contribution in [0.2, 0.25) is 0 Å². The Bertz CT molecular complexity index is 672. The summed E-state index contributed by atoms with van der Waals surface area (Å²) in [6.45, 7) is 4.57. The molecule has 0 radical (unpaired) electrons. The van der Waals surface area contributed by atoms with Crippen LogP contribution in [0.5, 0.6) is 0 Å². The van der Waals surface area contributed by atoms with Crippen LogP contribution in [0.15, 0.2) is 48.5 Å². The molecule has 1 saturated heterocycles. The van der Waals surface area contributed by atoms with Gasteiger partial charge in [0, 0.05) is 0 Å². The van der Waals surface area contributed by atoms with Crippen molar-refractivity contribution in [2.45, 2.75) is 32.3 Å². The Hall–Kier alpha value is -1.17. The van der Waals surface area contributed by atoms with E-state index in [2.05, 4.69) is 69.0 Å². The fraction of sp³-hybridized carbons (Fsp3) is 0.368. The van der Waals surface area contributed by atoms with Gasteiger partial charge in [0.05, 0.1) is 0 Å². The van der Waals surface area contributed by atoms with Gasteiger partial charge in [0.2, 0.25) is 0 Å². The molecule has 1 nitrogen and oxygen atoms in total. The third kappa shape index (κ3) is 1.44. The van der Waals surface area contributed by atoms with Crippen LogP contribution in [0.3, 0.4) is 0 Å². The summed E-state index contributed by atoms with van der Waals surface area (Å²) >= 11 is 0. The minimum absolute atomic E-state index is 0.0944. The molecule has 0 bridgehead atoms. The van der Waals surface area contributed by atoms with Crippen LogP contribution in [0.4, 0.5) is 0 Å². The fourth-order valence-corrected chi connectivity index (χ4v) is 11.2. The van der Waals surface area contributed by atoms with Crippen molar-refractivity contribution in [1.82, 2.24) is 0 Å². The monoisotopic (exact) mass is 298 g/mol. The first-order valence-corrected chi connectivity index (χ1v) is 10.8. The van der Waals surface area contributed by atoms with Gasteiger partial charge in [0.15, 0.2) is 0 Å². The van der Waals surface area contributed by atoms with Gasteiger partial charge in [-0.3, -0.25) is 0 Å². The van der Waals surface area contributed by atoms with Gasteiger partial charge in [-0.15, -0.1) is 0 Å². The standard InChI is InChI=1S/C19H23OP/c1-4-19(5-2)14-21(3,20-19)17-12-8-6-10-15(17)16-11-7-9-13-18(16)21/h6-13H,4-5,14H2,1-3H3. The maximum absolute atomic E-state index is 6.94. The summed E-state index contributed by atoms with van der Waals surface area (Å²) < 4.78 is 6.94. The molecule has 0 unspecified atom stereocenters. The van der Waals surface area contributed by atoms with Crippen molar-refractivity contribution in [3.8, 4) is 11.1 Å². The van der Waals surface area contributed by atoms with Crippen LogP contribution < -0.4 is 10.6 Å². The van der Waals surface area contributed by atoms with Gasteiger partial charge in [-0.2, -0.15) is 0 Å². The molecule has 0 aromatic heterocycles. The Balaban J connectivity index is 1.99. The second kappa shape index (κ2) is 3.97. The summed E-state index contributed by atoms with van der Waals surface area (Å²) in [6, 6.07) is 17.8. The van der Waals surface area contributed by atoms with Crippen molar-refractivity contribution in [3.63, 3.8) is 0 Å². The molecule has 21 heavy (non-hydrogen) atoms. The van der Waals surface area contributed by atoms with Gasteiger partial charge in [-0.25, -0.2) is 0 Å². The van der Waals surface area contributed by atoms with E-state index in [1.54, 1.807) is 0 Å². The Morgan fingerprint density at radius 3 is 1.76 bits per heavy atom. The van der Waals surface area contributed by atoms with Crippen LogP contribution in [0.1, 0.15) is 26.7 Å². The van der Waals surface area contributed by atoms with Crippen LogP contribution in [0, 0.1) is 0 Å². The van der Waals surface area contributed by atoms with Crippen molar-refractivity contribution in [3.05, 3.63) is 48.5 Å². The van der Waals surface area contributed by atoms with E-state index in [0.717, 1.165) is 12.8 Å². The first-order chi connectivity index (χ1) is 10.1. The SMILES string of the molecule is CCC1(CC)CP2(C)(O1)c1ccccc1-c1ccccc12. The zero-order valence-electron chi connectivity index (χ0n) is 13.1. The van der Waals surface area contributed by atoms with E-state index in [1.165, 1.54) is 27.9 Å². The molecule has 2 aliphatic heterocycles. The van der Waals surface area contributed by atoms with Gasteiger partial charge >= 0.3 is 127 Å². The number of fused-ring (bicyclic) bond motifs is 5. The van der Waals surface area contributed by atoms with Gasteiger partial charge < -0.3 is 0 Å². The molecular formula is C19H23OP. The molecular weight excluding hydrogens is 275 g/mol. The summed E-state index contributed by atoms with van der Waals surface area (Å²) in [7, 11) is 0. The van der Waals surface area contributed by atoms with E-state index in [1.807, 2.05) is 0 Å². The average Bonchev–Trinajstić information content (AvgIpc) is 2.74. The fourth-order valence-electron chi connectivity index (χ4n) is 4.63. The number of rotatable bonds is 2. The molecule has 0 aliphatic carbocycles. The predicted molar refractivity (Wildman–Crippen MR) is 93.3 cm³/mol. The Morgan fingerprint density at radius 1 is 0.905 bits per heavy atom. The molecule has 2 aromatic rings. The van der Waals surface area contributed by atoms with E-state index >= 15 is 0 Å². The van der Waals surface area contributed by atoms with E-state index in [4.69, 9.17) is 4.52 Å². The van der Waals surface area contributed by atoms with Crippen LogP contribution in [0.25, 0.3) is 11.1 Å². The molecule has 0 atom stereocenters. The van der Waals surface area contributed by atoms with Gasteiger partial charge in [-0.1, -0.05) is 0 Å². The number of hydrogen-bond acceptors (Lipinski definition) is 1. The van der Waals surface area contributed by atoms with Crippen LogP contribution in [-0.2, 0) is 4.52 Å². The molecule has 1 spiro atoms. The number of benzene rings is 2. The molecule has 2 heteroatoms. The van der Waals surface area contributed by atoms with Crippen molar-refractivity contribution in [2.24, 2.45) is 0 Å². The summed E-state index contributed by atoms with van der Waals surface area (Å²) in [4.78, 5) is 0. The van der Waals surface area contributed by atoms with E-state index < -0.39 is 6.83 Å². The molecule has 0 saturated carbocycles. The normalized spacial score (nSPS) is 24.4. The summed E-state index contributed by atoms with van der Waals surface area (Å²) in [6.07, 6.45) is 3.43. The van der Waals surface area contributed by atoms with Gasteiger partial charge in [0.1, 0.15) is 0 Å². The van der Waals surface area contributed by atoms with Crippen molar-refractivity contribution >= 4 is 17.4 Å².